The lowest BCUT2D eigenvalue weighted by Gasteiger charge is -2.37. The quantitative estimate of drug-likeness (QED) is 0.824. The van der Waals surface area contributed by atoms with Crippen molar-refractivity contribution in [1.29, 1.82) is 0 Å². The molecule has 0 radical (unpaired) electrons. The second kappa shape index (κ2) is 8.65. The van der Waals surface area contributed by atoms with Crippen LogP contribution in [-0.2, 0) is 27.3 Å². The molecule has 0 spiro atoms. The number of nitrogens with one attached hydrogen (secondary N) is 1. The minimum atomic E-state index is -0.196. The van der Waals surface area contributed by atoms with Crippen molar-refractivity contribution in [3.8, 4) is 0 Å². The number of carbonyl (C=O) groups excluding carboxylic acids is 2. The molecule has 8 nitrogen and oxygen atoms in total. The highest BCUT2D eigenvalue weighted by atomic mass is 16.5. The van der Waals surface area contributed by atoms with Gasteiger partial charge in [-0.05, 0) is 32.1 Å². The number of ether oxygens (including phenoxy) is 1. The van der Waals surface area contributed by atoms with E-state index in [0.717, 1.165) is 57.2 Å². The van der Waals surface area contributed by atoms with Gasteiger partial charge in [0, 0.05) is 32.5 Å². The molecule has 4 rings (SSSR count). The van der Waals surface area contributed by atoms with Crippen LogP contribution in [0.15, 0.2) is 4.79 Å². The van der Waals surface area contributed by atoms with E-state index < -0.39 is 0 Å². The maximum absolute atomic E-state index is 13.1. The molecule has 158 valence electrons. The molecule has 1 aromatic rings. The zero-order chi connectivity index (χ0) is 20.4. The number of fused-ring (bicyclic) bond motifs is 1. The Morgan fingerprint density at radius 1 is 1.14 bits per heavy atom. The second-order valence-electron chi connectivity index (χ2n) is 8.40. The summed E-state index contributed by atoms with van der Waals surface area (Å²) in [6.45, 7) is 1.54. The Labute approximate surface area is 170 Å². The number of amides is 2. The SMILES string of the molecule is COCC(=O)N1CCc2nc([C@@H]3CCCCN3C(=O)C3CCCC3)[nH]c(=O)c2C1. The molecule has 3 heterocycles. The topological polar surface area (TPSA) is 95.6 Å². The van der Waals surface area contributed by atoms with Gasteiger partial charge in [0.15, 0.2) is 0 Å². The van der Waals surface area contributed by atoms with Crippen LogP contribution in [0, 0.1) is 5.92 Å². The summed E-state index contributed by atoms with van der Waals surface area (Å²) in [7, 11) is 1.49. The average molecular weight is 402 g/mol. The van der Waals surface area contributed by atoms with E-state index in [-0.39, 0.29) is 42.5 Å². The lowest BCUT2D eigenvalue weighted by Crippen LogP contribution is -2.44. The van der Waals surface area contributed by atoms with Crippen LogP contribution in [0.2, 0.25) is 0 Å². The first-order valence-corrected chi connectivity index (χ1v) is 10.8. The van der Waals surface area contributed by atoms with Crippen LogP contribution in [0.3, 0.4) is 0 Å². The number of nitrogens with zero attached hydrogens (tertiary/aromatic N) is 3. The molecule has 8 heteroatoms. The normalized spacial score (nSPS) is 22.6. The molecule has 0 bridgehead atoms. The van der Waals surface area contributed by atoms with E-state index in [0.29, 0.717) is 24.4 Å². The first kappa shape index (κ1) is 20.1. The first-order valence-electron chi connectivity index (χ1n) is 10.8. The summed E-state index contributed by atoms with van der Waals surface area (Å²) in [6.07, 6.45) is 7.61. The molecular weight excluding hydrogens is 372 g/mol. The van der Waals surface area contributed by atoms with Crippen molar-refractivity contribution in [3.63, 3.8) is 0 Å². The van der Waals surface area contributed by atoms with Crippen molar-refractivity contribution in [1.82, 2.24) is 19.8 Å². The molecule has 1 N–H and O–H groups in total. The molecule has 1 aromatic heterocycles. The van der Waals surface area contributed by atoms with E-state index in [4.69, 9.17) is 9.72 Å². The van der Waals surface area contributed by atoms with E-state index in [9.17, 15) is 14.4 Å². The highest BCUT2D eigenvalue weighted by molar-refractivity contribution is 5.79. The van der Waals surface area contributed by atoms with Gasteiger partial charge >= 0.3 is 0 Å². The first-order chi connectivity index (χ1) is 14.1. The van der Waals surface area contributed by atoms with Gasteiger partial charge < -0.3 is 19.5 Å². The Kier molecular flexibility index (Phi) is 5.99. The van der Waals surface area contributed by atoms with Crippen LogP contribution in [0.1, 0.15) is 68.1 Å². The van der Waals surface area contributed by atoms with E-state index in [2.05, 4.69) is 4.98 Å². The molecule has 2 amide bonds. The molecule has 2 fully saturated rings. The fourth-order valence-corrected chi connectivity index (χ4v) is 4.92. The fourth-order valence-electron chi connectivity index (χ4n) is 4.92. The van der Waals surface area contributed by atoms with Crippen molar-refractivity contribution in [3.05, 3.63) is 27.4 Å². The second-order valence-corrected chi connectivity index (χ2v) is 8.40. The minimum Gasteiger partial charge on any atom is -0.375 e. The molecule has 1 saturated carbocycles. The van der Waals surface area contributed by atoms with Crippen molar-refractivity contribution in [2.75, 3.05) is 26.8 Å². The molecule has 0 aromatic carbocycles. The van der Waals surface area contributed by atoms with Gasteiger partial charge in [-0.3, -0.25) is 14.4 Å². The molecule has 1 saturated heterocycles. The van der Waals surface area contributed by atoms with E-state index >= 15 is 0 Å². The summed E-state index contributed by atoms with van der Waals surface area (Å²) in [5, 5.41) is 0. The third-order valence-corrected chi connectivity index (χ3v) is 6.51. The Morgan fingerprint density at radius 3 is 2.66 bits per heavy atom. The van der Waals surface area contributed by atoms with Gasteiger partial charge in [-0.1, -0.05) is 12.8 Å². The molecular formula is C21H30N4O4. The van der Waals surface area contributed by atoms with Gasteiger partial charge in [-0.25, -0.2) is 4.98 Å². The summed E-state index contributed by atoms with van der Waals surface area (Å²) in [5.74, 6) is 0.836. The highest BCUT2D eigenvalue weighted by Gasteiger charge is 2.35. The summed E-state index contributed by atoms with van der Waals surface area (Å²) in [5.41, 5.74) is 1.11. The summed E-state index contributed by atoms with van der Waals surface area (Å²) in [4.78, 5) is 49.3. The maximum atomic E-state index is 13.1. The summed E-state index contributed by atoms with van der Waals surface area (Å²) in [6, 6.07) is -0.150. The number of likely N-dealkylation sites (tertiary alicyclic amines) is 1. The summed E-state index contributed by atoms with van der Waals surface area (Å²) < 4.78 is 4.92. The number of piperidine rings is 1. The smallest absolute Gasteiger partial charge is 0.256 e. The van der Waals surface area contributed by atoms with Crippen molar-refractivity contribution < 1.29 is 14.3 Å². The van der Waals surface area contributed by atoms with Crippen LogP contribution < -0.4 is 5.56 Å². The van der Waals surface area contributed by atoms with E-state index in [1.54, 1.807) is 4.90 Å². The maximum Gasteiger partial charge on any atom is 0.256 e. The van der Waals surface area contributed by atoms with Crippen LogP contribution >= 0.6 is 0 Å². The predicted molar refractivity (Wildman–Crippen MR) is 106 cm³/mol. The third kappa shape index (κ3) is 4.08. The van der Waals surface area contributed by atoms with Gasteiger partial charge in [0.1, 0.15) is 12.4 Å². The zero-order valence-corrected chi connectivity index (χ0v) is 17.1. The lowest BCUT2D eigenvalue weighted by molar-refractivity contribution is -0.139. The van der Waals surface area contributed by atoms with Crippen LogP contribution in [0.25, 0.3) is 0 Å². The van der Waals surface area contributed by atoms with Gasteiger partial charge in [0.2, 0.25) is 11.8 Å². The van der Waals surface area contributed by atoms with Crippen LogP contribution in [-0.4, -0.2) is 58.4 Å². The number of aromatic nitrogens is 2. The van der Waals surface area contributed by atoms with E-state index in [1.807, 2.05) is 4.90 Å². The Balaban J connectivity index is 1.57. The minimum absolute atomic E-state index is 0.0130. The third-order valence-electron chi connectivity index (χ3n) is 6.51. The standard InChI is InChI=1S/C21H30N4O4/c1-29-13-18(26)24-11-9-16-15(12-24)20(27)23-19(22-16)17-8-4-5-10-25(17)21(28)14-6-2-3-7-14/h14,17H,2-13H2,1H3,(H,22,23,27)/t17-/m0/s1. The molecule has 2 aliphatic heterocycles. The molecule has 3 aliphatic rings. The molecule has 1 atom stereocenters. The van der Waals surface area contributed by atoms with Crippen molar-refractivity contribution >= 4 is 11.8 Å². The lowest BCUT2D eigenvalue weighted by atomic mass is 9.97. The van der Waals surface area contributed by atoms with Crippen LogP contribution in [0.4, 0.5) is 0 Å². The highest BCUT2D eigenvalue weighted by Crippen LogP contribution is 2.34. The Hall–Kier alpha value is -2.22. The van der Waals surface area contributed by atoms with E-state index in [1.165, 1.54) is 7.11 Å². The van der Waals surface area contributed by atoms with Gasteiger partial charge in [-0.2, -0.15) is 0 Å². The van der Waals surface area contributed by atoms with Crippen molar-refractivity contribution in [2.45, 2.75) is 64.0 Å². The zero-order valence-electron chi connectivity index (χ0n) is 17.1. The Bertz CT molecular complexity index is 830. The monoisotopic (exact) mass is 402 g/mol. The number of hydrogen-bond acceptors (Lipinski definition) is 5. The number of H-pyrrole nitrogens is 1. The van der Waals surface area contributed by atoms with Gasteiger partial charge in [-0.15, -0.1) is 0 Å². The number of methoxy groups -OCH3 is 1. The van der Waals surface area contributed by atoms with Gasteiger partial charge in [0.25, 0.3) is 5.56 Å². The van der Waals surface area contributed by atoms with Crippen LogP contribution in [0.5, 0.6) is 0 Å². The number of carbonyl (C=O) groups is 2. The average Bonchev–Trinajstić information content (AvgIpc) is 3.28. The van der Waals surface area contributed by atoms with Crippen molar-refractivity contribution in [2.24, 2.45) is 5.92 Å². The molecule has 0 unspecified atom stereocenters. The summed E-state index contributed by atoms with van der Waals surface area (Å²) >= 11 is 0. The predicted octanol–water partition coefficient (Wildman–Crippen LogP) is 1.54. The number of aromatic amines is 1. The molecule has 1 aliphatic carbocycles. The fraction of sp³-hybridized carbons (Fsp3) is 0.714. The number of hydrogen-bond donors (Lipinski definition) is 1. The Morgan fingerprint density at radius 2 is 1.90 bits per heavy atom. The molecule has 29 heavy (non-hydrogen) atoms. The largest absolute Gasteiger partial charge is 0.375 e. The van der Waals surface area contributed by atoms with Gasteiger partial charge in [0.05, 0.1) is 23.8 Å². The number of rotatable bonds is 4.